The van der Waals surface area contributed by atoms with Crippen molar-refractivity contribution in [1.29, 1.82) is 0 Å². The standard InChI is InChI=1S/C54H54N2O10/c57-51(55(27-25-49-61-29-30-62-49)36-40-13-4-1-5-14-40)44-19-10-17-42(33-44)38-65-48-24-12-23-47(35-48)54(60,46-21-8-3-9-22-46)53(59)66-39-43-18-11-20-45(34-43)52(58)56(28-26-50-63-31-32-64-50)37-41-15-6-2-7-16-41/h1-24,33-35,49-50,60H,25-32,36-39H2/t54-/m0/s1. The molecule has 0 aromatic heterocycles. The number of hydrogen-bond acceptors (Lipinski definition) is 10. The van der Waals surface area contributed by atoms with E-state index >= 15 is 0 Å². The van der Waals surface area contributed by atoms with Crippen LogP contribution < -0.4 is 4.74 Å². The number of benzene rings is 6. The van der Waals surface area contributed by atoms with Gasteiger partial charge < -0.3 is 43.3 Å². The maximum Gasteiger partial charge on any atom is 0.348 e. The smallest absolute Gasteiger partial charge is 0.348 e. The van der Waals surface area contributed by atoms with Crippen molar-refractivity contribution in [2.75, 3.05) is 39.5 Å². The van der Waals surface area contributed by atoms with Crippen LogP contribution in [0.4, 0.5) is 0 Å². The normalized spacial score (nSPS) is 14.9. The molecule has 0 spiro atoms. The first kappa shape index (κ1) is 45.9. The molecule has 1 atom stereocenters. The van der Waals surface area contributed by atoms with E-state index < -0.39 is 11.6 Å². The van der Waals surface area contributed by atoms with Gasteiger partial charge in [-0.1, -0.05) is 127 Å². The molecule has 2 aliphatic rings. The van der Waals surface area contributed by atoms with Crippen LogP contribution in [0.3, 0.4) is 0 Å². The van der Waals surface area contributed by atoms with Gasteiger partial charge in [0.25, 0.3) is 11.8 Å². The summed E-state index contributed by atoms with van der Waals surface area (Å²) < 4.78 is 34.7. The molecule has 0 bridgehead atoms. The summed E-state index contributed by atoms with van der Waals surface area (Å²) in [5.41, 5.74) is 2.60. The van der Waals surface area contributed by atoms with Crippen molar-refractivity contribution in [3.05, 3.63) is 208 Å². The van der Waals surface area contributed by atoms with Crippen LogP contribution in [0.2, 0.25) is 0 Å². The summed E-state index contributed by atoms with van der Waals surface area (Å²) in [5, 5.41) is 12.4. The summed E-state index contributed by atoms with van der Waals surface area (Å²) in [5.74, 6) is -0.823. The molecule has 66 heavy (non-hydrogen) atoms. The van der Waals surface area contributed by atoms with E-state index in [0.29, 0.717) is 93.5 Å². The maximum absolute atomic E-state index is 14.2. The van der Waals surface area contributed by atoms with Crippen molar-refractivity contribution < 1.29 is 47.9 Å². The van der Waals surface area contributed by atoms with Crippen LogP contribution >= 0.6 is 0 Å². The van der Waals surface area contributed by atoms with E-state index in [1.165, 1.54) is 0 Å². The predicted molar refractivity (Wildman–Crippen MR) is 246 cm³/mol. The third kappa shape index (κ3) is 12.0. The van der Waals surface area contributed by atoms with Gasteiger partial charge in [0.2, 0.25) is 5.60 Å². The van der Waals surface area contributed by atoms with E-state index in [1.807, 2.05) is 78.9 Å². The molecule has 2 amide bonds. The highest BCUT2D eigenvalue weighted by Gasteiger charge is 2.42. The molecule has 340 valence electrons. The number of carbonyl (C=O) groups excluding carboxylic acids is 3. The van der Waals surface area contributed by atoms with Crippen LogP contribution in [0.5, 0.6) is 5.75 Å². The summed E-state index contributed by atoms with van der Waals surface area (Å²) in [4.78, 5) is 45.8. The van der Waals surface area contributed by atoms with Crippen molar-refractivity contribution in [2.24, 2.45) is 0 Å². The average Bonchev–Trinajstić information content (AvgIpc) is 4.11. The Hall–Kier alpha value is -6.67. The Balaban J connectivity index is 0.947. The molecule has 8 rings (SSSR count). The molecule has 2 aliphatic heterocycles. The second kappa shape index (κ2) is 22.5. The number of esters is 1. The summed E-state index contributed by atoms with van der Waals surface area (Å²) in [7, 11) is 0. The van der Waals surface area contributed by atoms with Gasteiger partial charge >= 0.3 is 5.97 Å². The first-order valence-corrected chi connectivity index (χ1v) is 22.3. The van der Waals surface area contributed by atoms with Crippen molar-refractivity contribution >= 4 is 17.8 Å². The third-order valence-electron chi connectivity index (χ3n) is 11.5. The molecule has 0 unspecified atom stereocenters. The quantitative estimate of drug-likeness (QED) is 0.0751. The Morgan fingerprint density at radius 2 is 0.955 bits per heavy atom. The molecular formula is C54H54N2O10. The molecule has 6 aromatic rings. The van der Waals surface area contributed by atoms with E-state index in [4.69, 9.17) is 28.4 Å². The Morgan fingerprint density at radius 3 is 1.47 bits per heavy atom. The van der Waals surface area contributed by atoms with Crippen molar-refractivity contribution in [2.45, 2.75) is 57.3 Å². The lowest BCUT2D eigenvalue weighted by Gasteiger charge is -2.27. The SMILES string of the molecule is O=C(c1cccc(COC(=O)[C@](O)(c2ccccc2)c2cccc(OCc3cccc(C(=O)N(CCC4OCCO4)Cc4ccccc4)c3)c2)c1)N(CCC1OCCO1)Cc1ccccc1. The first-order chi connectivity index (χ1) is 32.3. The van der Waals surface area contributed by atoms with E-state index in [-0.39, 0.29) is 43.2 Å². The number of rotatable bonds is 20. The van der Waals surface area contributed by atoms with Crippen LogP contribution in [-0.4, -0.2) is 84.8 Å². The van der Waals surface area contributed by atoms with Gasteiger partial charge in [-0.3, -0.25) is 9.59 Å². The lowest BCUT2D eigenvalue weighted by Crippen LogP contribution is -2.38. The van der Waals surface area contributed by atoms with Crippen LogP contribution in [0.1, 0.15) is 66.9 Å². The topological polar surface area (TPSA) is 133 Å². The molecule has 0 aliphatic carbocycles. The number of aliphatic hydroxyl groups is 1. The molecule has 12 heteroatoms. The summed E-state index contributed by atoms with van der Waals surface area (Å²) in [6.07, 6.45) is 0.374. The zero-order valence-electron chi connectivity index (χ0n) is 36.7. The van der Waals surface area contributed by atoms with E-state index in [9.17, 15) is 19.5 Å². The zero-order valence-corrected chi connectivity index (χ0v) is 36.7. The monoisotopic (exact) mass is 890 g/mol. The first-order valence-electron chi connectivity index (χ1n) is 22.3. The largest absolute Gasteiger partial charge is 0.489 e. The maximum atomic E-state index is 14.2. The van der Waals surface area contributed by atoms with Crippen LogP contribution in [0.25, 0.3) is 0 Å². The Bertz CT molecular complexity index is 2510. The van der Waals surface area contributed by atoms with E-state index in [0.717, 1.165) is 16.7 Å². The van der Waals surface area contributed by atoms with Crippen LogP contribution in [0.15, 0.2) is 164 Å². The third-order valence-corrected chi connectivity index (χ3v) is 11.5. The van der Waals surface area contributed by atoms with Gasteiger partial charge in [-0.05, 0) is 64.2 Å². The second-order valence-electron chi connectivity index (χ2n) is 16.2. The second-order valence-corrected chi connectivity index (χ2v) is 16.2. The van der Waals surface area contributed by atoms with Gasteiger partial charge in [0, 0.05) is 55.7 Å². The fraction of sp³-hybridized carbons (Fsp3) is 0.278. The minimum absolute atomic E-state index is 0.112. The summed E-state index contributed by atoms with van der Waals surface area (Å²) in [6, 6.07) is 49.2. The molecule has 2 fully saturated rings. The van der Waals surface area contributed by atoms with Crippen molar-refractivity contribution in [3.63, 3.8) is 0 Å². The number of nitrogens with zero attached hydrogens (tertiary/aromatic N) is 2. The number of ether oxygens (including phenoxy) is 6. The van der Waals surface area contributed by atoms with Gasteiger partial charge in [0.15, 0.2) is 12.6 Å². The summed E-state index contributed by atoms with van der Waals surface area (Å²) in [6.45, 7) is 3.74. The molecule has 6 aromatic carbocycles. The Labute approximate surface area is 385 Å². The van der Waals surface area contributed by atoms with Crippen molar-refractivity contribution in [3.8, 4) is 5.75 Å². The highest BCUT2D eigenvalue weighted by atomic mass is 16.7. The molecule has 0 saturated carbocycles. The van der Waals surface area contributed by atoms with Crippen LogP contribution in [-0.2, 0) is 60.4 Å². The molecule has 2 heterocycles. The highest BCUT2D eigenvalue weighted by molar-refractivity contribution is 5.95. The Morgan fingerprint density at radius 1 is 0.515 bits per heavy atom. The predicted octanol–water partition coefficient (Wildman–Crippen LogP) is 8.06. The fourth-order valence-corrected chi connectivity index (χ4v) is 8.05. The molecular weight excluding hydrogens is 837 g/mol. The van der Waals surface area contributed by atoms with Gasteiger partial charge in [-0.15, -0.1) is 0 Å². The number of carbonyl (C=O) groups is 3. The minimum atomic E-state index is -2.21. The van der Waals surface area contributed by atoms with Crippen LogP contribution in [0, 0.1) is 0 Å². The lowest BCUT2D eigenvalue weighted by molar-refractivity contribution is -0.163. The van der Waals surface area contributed by atoms with Gasteiger partial charge in [0.1, 0.15) is 19.0 Å². The number of hydrogen-bond donors (Lipinski definition) is 1. The van der Waals surface area contributed by atoms with E-state index in [2.05, 4.69) is 0 Å². The van der Waals surface area contributed by atoms with E-state index in [1.54, 1.807) is 94.7 Å². The summed E-state index contributed by atoms with van der Waals surface area (Å²) >= 11 is 0. The number of amides is 2. The lowest BCUT2D eigenvalue weighted by atomic mass is 9.86. The molecule has 12 nitrogen and oxygen atoms in total. The fourth-order valence-electron chi connectivity index (χ4n) is 8.05. The minimum Gasteiger partial charge on any atom is -0.489 e. The molecule has 1 N–H and O–H groups in total. The van der Waals surface area contributed by atoms with Gasteiger partial charge in [0.05, 0.1) is 26.4 Å². The van der Waals surface area contributed by atoms with Crippen molar-refractivity contribution in [1.82, 2.24) is 9.80 Å². The van der Waals surface area contributed by atoms with Gasteiger partial charge in [-0.25, -0.2) is 4.79 Å². The average molecular weight is 891 g/mol. The zero-order chi connectivity index (χ0) is 45.6. The van der Waals surface area contributed by atoms with Gasteiger partial charge in [-0.2, -0.15) is 0 Å². The molecule has 0 radical (unpaired) electrons. The molecule has 2 saturated heterocycles. The Kier molecular flexibility index (Phi) is 15.6. The highest BCUT2D eigenvalue weighted by Crippen LogP contribution is 2.34.